The zero-order valence-electron chi connectivity index (χ0n) is 12.3. The van der Waals surface area contributed by atoms with Crippen LogP contribution in [0.3, 0.4) is 0 Å². The number of rotatable bonds is 3. The fourth-order valence-electron chi connectivity index (χ4n) is 2.59. The first-order valence-electron chi connectivity index (χ1n) is 7.06. The molecule has 3 heteroatoms. The van der Waals surface area contributed by atoms with Gasteiger partial charge in [0.05, 0.1) is 11.5 Å². The SMILES string of the molecule is CC(C)(C#N)c1c[nH]c2c[n+](Cc3ccccc3)ccc12. The first-order valence-corrected chi connectivity index (χ1v) is 7.06. The molecular formula is C18H18N3+. The van der Waals surface area contributed by atoms with E-state index in [2.05, 4.69) is 58.3 Å². The Morgan fingerprint density at radius 3 is 2.67 bits per heavy atom. The molecule has 104 valence electrons. The van der Waals surface area contributed by atoms with Gasteiger partial charge in [0.15, 0.2) is 18.9 Å². The number of hydrogen-bond donors (Lipinski definition) is 1. The monoisotopic (exact) mass is 276 g/mol. The number of nitrogens with zero attached hydrogens (tertiary/aromatic N) is 2. The summed E-state index contributed by atoms with van der Waals surface area (Å²) in [6, 6.07) is 14.8. The predicted octanol–water partition coefficient (Wildman–Crippen LogP) is 3.30. The molecule has 0 amide bonds. The minimum atomic E-state index is -0.482. The van der Waals surface area contributed by atoms with Crippen LogP contribution in [0.15, 0.2) is 55.0 Å². The predicted molar refractivity (Wildman–Crippen MR) is 82.7 cm³/mol. The molecule has 0 saturated heterocycles. The van der Waals surface area contributed by atoms with Crippen molar-refractivity contribution >= 4 is 10.9 Å². The minimum Gasteiger partial charge on any atom is -0.356 e. The van der Waals surface area contributed by atoms with Gasteiger partial charge in [-0.3, -0.25) is 0 Å². The molecule has 2 heterocycles. The highest BCUT2D eigenvalue weighted by Crippen LogP contribution is 2.28. The van der Waals surface area contributed by atoms with E-state index in [1.165, 1.54) is 5.56 Å². The summed E-state index contributed by atoms with van der Waals surface area (Å²) in [7, 11) is 0. The molecule has 0 fully saturated rings. The lowest BCUT2D eigenvalue weighted by Crippen LogP contribution is -2.33. The number of fused-ring (bicyclic) bond motifs is 1. The van der Waals surface area contributed by atoms with E-state index in [1.807, 2.05) is 26.1 Å². The van der Waals surface area contributed by atoms with Gasteiger partial charge in [0.1, 0.15) is 5.52 Å². The first-order chi connectivity index (χ1) is 10.1. The van der Waals surface area contributed by atoms with E-state index in [0.29, 0.717) is 0 Å². The first kappa shape index (κ1) is 13.4. The lowest BCUT2D eigenvalue weighted by Gasteiger charge is -2.13. The van der Waals surface area contributed by atoms with Crippen molar-refractivity contribution in [2.24, 2.45) is 0 Å². The maximum Gasteiger partial charge on any atom is 0.193 e. The number of benzene rings is 1. The highest BCUT2D eigenvalue weighted by atomic mass is 14.9. The van der Waals surface area contributed by atoms with Gasteiger partial charge in [0, 0.05) is 23.2 Å². The lowest BCUT2D eigenvalue weighted by atomic mass is 9.86. The number of H-pyrrole nitrogens is 1. The van der Waals surface area contributed by atoms with Gasteiger partial charge in [-0.2, -0.15) is 9.83 Å². The van der Waals surface area contributed by atoms with Gasteiger partial charge in [-0.15, -0.1) is 0 Å². The van der Waals surface area contributed by atoms with Crippen LogP contribution in [0, 0.1) is 11.3 Å². The quantitative estimate of drug-likeness (QED) is 0.733. The standard InChI is InChI=1S/C18H17N3/c1-18(2,13-19)16-10-20-17-12-21(9-8-15(16)17)11-14-6-4-3-5-7-14/h3-10,12H,11H2,1-2H3/p+1. The van der Waals surface area contributed by atoms with E-state index in [4.69, 9.17) is 0 Å². The molecule has 3 aromatic rings. The molecule has 2 aromatic heterocycles. The Bertz CT molecular complexity index is 807. The second-order valence-corrected chi connectivity index (χ2v) is 5.87. The van der Waals surface area contributed by atoms with Crippen LogP contribution in [-0.2, 0) is 12.0 Å². The molecule has 0 bridgehead atoms. The second-order valence-electron chi connectivity index (χ2n) is 5.87. The smallest absolute Gasteiger partial charge is 0.193 e. The largest absolute Gasteiger partial charge is 0.356 e. The minimum absolute atomic E-state index is 0.482. The van der Waals surface area contributed by atoms with Gasteiger partial charge < -0.3 is 4.98 Å². The highest BCUT2D eigenvalue weighted by Gasteiger charge is 2.24. The van der Waals surface area contributed by atoms with Crippen LogP contribution >= 0.6 is 0 Å². The normalized spacial score (nSPS) is 11.5. The summed E-state index contributed by atoms with van der Waals surface area (Å²) < 4.78 is 2.15. The number of hydrogen-bond acceptors (Lipinski definition) is 1. The maximum absolute atomic E-state index is 9.31. The van der Waals surface area contributed by atoms with Crippen molar-refractivity contribution in [3.05, 3.63) is 66.1 Å². The summed E-state index contributed by atoms with van der Waals surface area (Å²) in [5.41, 5.74) is 2.90. The van der Waals surface area contributed by atoms with Crippen molar-refractivity contribution in [2.75, 3.05) is 0 Å². The Balaban J connectivity index is 1.98. The summed E-state index contributed by atoms with van der Waals surface area (Å²) in [5, 5.41) is 10.4. The third kappa shape index (κ3) is 2.53. The molecule has 3 nitrogen and oxygen atoms in total. The number of aromatic nitrogens is 2. The number of aromatic amines is 1. The Morgan fingerprint density at radius 2 is 1.95 bits per heavy atom. The Kier molecular flexibility index (Phi) is 3.23. The molecule has 0 radical (unpaired) electrons. The van der Waals surface area contributed by atoms with Crippen LogP contribution in [0.4, 0.5) is 0 Å². The topological polar surface area (TPSA) is 43.5 Å². The summed E-state index contributed by atoms with van der Waals surface area (Å²) >= 11 is 0. The zero-order valence-corrected chi connectivity index (χ0v) is 12.3. The summed E-state index contributed by atoms with van der Waals surface area (Å²) in [4.78, 5) is 3.28. The Labute approximate surface area is 124 Å². The molecule has 1 aromatic carbocycles. The van der Waals surface area contributed by atoms with E-state index in [0.717, 1.165) is 23.0 Å². The molecule has 3 rings (SSSR count). The Morgan fingerprint density at radius 1 is 1.19 bits per heavy atom. The second kappa shape index (κ2) is 5.06. The molecule has 0 atom stereocenters. The van der Waals surface area contributed by atoms with Crippen LogP contribution in [0.2, 0.25) is 0 Å². The van der Waals surface area contributed by atoms with Gasteiger partial charge in [0.25, 0.3) is 0 Å². The maximum atomic E-state index is 9.31. The van der Waals surface area contributed by atoms with Crippen LogP contribution in [0.5, 0.6) is 0 Å². The number of pyridine rings is 1. The zero-order chi connectivity index (χ0) is 14.9. The van der Waals surface area contributed by atoms with Gasteiger partial charge in [-0.1, -0.05) is 30.3 Å². The summed E-state index contributed by atoms with van der Waals surface area (Å²) in [6.07, 6.45) is 6.11. The molecular weight excluding hydrogens is 258 g/mol. The van der Waals surface area contributed by atoms with Crippen LogP contribution < -0.4 is 4.57 Å². The van der Waals surface area contributed by atoms with E-state index in [1.54, 1.807) is 0 Å². The van der Waals surface area contributed by atoms with E-state index >= 15 is 0 Å². The van der Waals surface area contributed by atoms with E-state index < -0.39 is 5.41 Å². The van der Waals surface area contributed by atoms with Crippen LogP contribution in [0.1, 0.15) is 25.0 Å². The summed E-state index contributed by atoms with van der Waals surface area (Å²) in [5.74, 6) is 0. The fourth-order valence-corrected chi connectivity index (χ4v) is 2.59. The van der Waals surface area contributed by atoms with E-state index in [9.17, 15) is 5.26 Å². The van der Waals surface area contributed by atoms with Crippen LogP contribution in [0.25, 0.3) is 10.9 Å². The summed E-state index contributed by atoms with van der Waals surface area (Å²) in [6.45, 7) is 4.73. The third-order valence-corrected chi connectivity index (χ3v) is 3.84. The number of nitriles is 1. The molecule has 0 aliphatic heterocycles. The van der Waals surface area contributed by atoms with E-state index in [-0.39, 0.29) is 0 Å². The van der Waals surface area contributed by atoms with Crippen molar-refractivity contribution in [3.8, 4) is 6.07 Å². The van der Waals surface area contributed by atoms with Crippen LogP contribution in [-0.4, -0.2) is 4.98 Å². The van der Waals surface area contributed by atoms with Crippen molar-refractivity contribution < 1.29 is 4.57 Å². The molecule has 0 saturated carbocycles. The van der Waals surface area contributed by atoms with Gasteiger partial charge in [-0.25, -0.2) is 0 Å². The molecule has 0 aliphatic rings. The Hall–Kier alpha value is -2.60. The van der Waals surface area contributed by atoms with Crippen molar-refractivity contribution in [1.82, 2.24) is 4.98 Å². The van der Waals surface area contributed by atoms with Crippen molar-refractivity contribution in [2.45, 2.75) is 25.8 Å². The molecule has 0 aliphatic carbocycles. The lowest BCUT2D eigenvalue weighted by molar-refractivity contribution is -0.687. The fraction of sp³-hybridized carbons (Fsp3) is 0.222. The highest BCUT2D eigenvalue weighted by molar-refractivity contribution is 5.83. The van der Waals surface area contributed by atoms with Crippen molar-refractivity contribution in [1.29, 1.82) is 5.26 Å². The van der Waals surface area contributed by atoms with Crippen molar-refractivity contribution in [3.63, 3.8) is 0 Å². The average molecular weight is 276 g/mol. The molecule has 0 spiro atoms. The molecule has 21 heavy (non-hydrogen) atoms. The third-order valence-electron chi connectivity index (χ3n) is 3.84. The average Bonchev–Trinajstić information content (AvgIpc) is 2.92. The van der Waals surface area contributed by atoms with Gasteiger partial charge in [0.2, 0.25) is 0 Å². The molecule has 0 unspecified atom stereocenters. The number of nitrogens with one attached hydrogen (secondary N) is 1. The molecule has 1 N–H and O–H groups in total. The van der Waals surface area contributed by atoms with Gasteiger partial charge in [-0.05, 0) is 19.4 Å². The van der Waals surface area contributed by atoms with Gasteiger partial charge >= 0.3 is 0 Å².